The van der Waals surface area contributed by atoms with Crippen molar-refractivity contribution in [2.75, 3.05) is 0 Å². The highest BCUT2D eigenvalue weighted by Crippen LogP contribution is 2.21. The number of unbranched alkanes of at least 4 members (excludes halogenated alkanes) is 1. The Morgan fingerprint density at radius 1 is 1.40 bits per heavy atom. The third-order valence-electron chi connectivity index (χ3n) is 2.31. The number of aryl methyl sites for hydroxylation is 1. The average Bonchev–Trinajstić information content (AvgIpc) is 2.26. The van der Waals surface area contributed by atoms with E-state index in [4.69, 9.17) is 16.7 Å². The van der Waals surface area contributed by atoms with Crippen molar-refractivity contribution in [3.63, 3.8) is 0 Å². The lowest BCUT2D eigenvalue weighted by Gasteiger charge is -2.05. The molecule has 2 nitrogen and oxygen atoms in total. The lowest BCUT2D eigenvalue weighted by molar-refractivity contribution is -0.136. The predicted octanol–water partition coefficient (Wildman–Crippen LogP) is 3.39. The van der Waals surface area contributed by atoms with Gasteiger partial charge in [0.15, 0.2) is 5.38 Å². The Morgan fingerprint density at radius 3 is 2.47 bits per heavy atom. The zero-order valence-electron chi connectivity index (χ0n) is 8.74. The molecule has 0 aliphatic heterocycles. The zero-order valence-corrected chi connectivity index (χ0v) is 9.50. The van der Waals surface area contributed by atoms with E-state index < -0.39 is 11.3 Å². The van der Waals surface area contributed by atoms with Crippen molar-refractivity contribution < 1.29 is 9.90 Å². The van der Waals surface area contributed by atoms with Gasteiger partial charge in [-0.15, -0.1) is 11.6 Å². The molecule has 1 unspecified atom stereocenters. The Kier molecular flexibility index (Phi) is 4.63. The van der Waals surface area contributed by atoms with Gasteiger partial charge in [0.2, 0.25) is 0 Å². The van der Waals surface area contributed by atoms with Crippen LogP contribution in [0.2, 0.25) is 0 Å². The summed E-state index contributed by atoms with van der Waals surface area (Å²) in [5, 5.41) is 7.77. The fourth-order valence-corrected chi connectivity index (χ4v) is 1.52. The molecule has 0 saturated heterocycles. The number of hydrogen-bond donors (Lipinski definition) is 1. The lowest BCUT2D eigenvalue weighted by Crippen LogP contribution is -2.04. The summed E-state index contributed by atoms with van der Waals surface area (Å²) in [6, 6.07) is 7.47. The van der Waals surface area contributed by atoms with Crippen LogP contribution in [0.15, 0.2) is 24.3 Å². The summed E-state index contributed by atoms with van der Waals surface area (Å²) in [5.41, 5.74) is 1.87. The first-order valence-electron chi connectivity index (χ1n) is 5.11. The summed E-state index contributed by atoms with van der Waals surface area (Å²) in [5.74, 6) is -1.00. The Bertz CT molecular complexity index is 319. The van der Waals surface area contributed by atoms with Gasteiger partial charge >= 0.3 is 5.97 Å². The highest BCUT2D eigenvalue weighted by atomic mass is 35.5. The van der Waals surface area contributed by atoms with Gasteiger partial charge in [0.1, 0.15) is 0 Å². The zero-order chi connectivity index (χ0) is 11.3. The Balaban J connectivity index is 2.67. The first kappa shape index (κ1) is 12.1. The minimum absolute atomic E-state index is 0.643. The maximum Gasteiger partial charge on any atom is 0.326 e. The molecule has 1 rings (SSSR count). The van der Waals surface area contributed by atoms with E-state index >= 15 is 0 Å². The molecule has 1 atom stereocenters. The molecule has 0 aliphatic rings. The van der Waals surface area contributed by atoms with Crippen molar-refractivity contribution >= 4 is 17.6 Å². The molecule has 1 aromatic rings. The van der Waals surface area contributed by atoms with E-state index in [1.807, 2.05) is 12.1 Å². The third-order valence-corrected chi connectivity index (χ3v) is 2.75. The van der Waals surface area contributed by atoms with Gasteiger partial charge in [-0.1, -0.05) is 37.6 Å². The van der Waals surface area contributed by atoms with Crippen LogP contribution in [-0.2, 0) is 11.2 Å². The molecule has 1 aromatic carbocycles. The van der Waals surface area contributed by atoms with Crippen LogP contribution in [0.25, 0.3) is 0 Å². The second-order valence-corrected chi connectivity index (χ2v) is 3.98. The first-order chi connectivity index (χ1) is 7.15. The number of benzene rings is 1. The van der Waals surface area contributed by atoms with Crippen LogP contribution in [0, 0.1) is 0 Å². The molecular formula is C12H15ClO2. The average molecular weight is 227 g/mol. The SMILES string of the molecule is CCCCc1ccc(C(Cl)C(=O)O)cc1. The van der Waals surface area contributed by atoms with Crippen molar-refractivity contribution in [3.05, 3.63) is 35.4 Å². The Morgan fingerprint density at radius 2 is 2.00 bits per heavy atom. The standard InChI is InChI=1S/C12H15ClO2/c1-2-3-4-9-5-7-10(8-6-9)11(13)12(14)15/h5-8,11H,2-4H2,1H3,(H,14,15). The lowest BCUT2D eigenvalue weighted by atomic mass is 10.0. The molecule has 3 heteroatoms. The van der Waals surface area contributed by atoms with Crippen LogP contribution in [0.3, 0.4) is 0 Å². The van der Waals surface area contributed by atoms with Crippen molar-refractivity contribution in [3.8, 4) is 0 Å². The van der Waals surface area contributed by atoms with Crippen LogP contribution in [0.5, 0.6) is 0 Å². The van der Waals surface area contributed by atoms with Gasteiger partial charge in [0, 0.05) is 0 Å². The number of rotatable bonds is 5. The molecular weight excluding hydrogens is 212 g/mol. The highest BCUT2D eigenvalue weighted by Gasteiger charge is 2.15. The fourth-order valence-electron chi connectivity index (χ4n) is 1.38. The van der Waals surface area contributed by atoms with E-state index in [1.165, 1.54) is 5.56 Å². The fraction of sp³-hybridized carbons (Fsp3) is 0.417. The Labute approximate surface area is 94.9 Å². The Hall–Kier alpha value is -1.02. The van der Waals surface area contributed by atoms with Crippen molar-refractivity contribution in [1.29, 1.82) is 0 Å². The normalized spacial score (nSPS) is 12.4. The highest BCUT2D eigenvalue weighted by molar-refractivity contribution is 6.29. The van der Waals surface area contributed by atoms with Crippen molar-refractivity contribution in [2.24, 2.45) is 0 Å². The minimum Gasteiger partial charge on any atom is -0.480 e. The number of halogens is 1. The summed E-state index contributed by atoms with van der Waals surface area (Å²) in [6.45, 7) is 2.15. The molecule has 82 valence electrons. The molecule has 0 spiro atoms. The van der Waals surface area contributed by atoms with Crippen LogP contribution in [-0.4, -0.2) is 11.1 Å². The smallest absolute Gasteiger partial charge is 0.326 e. The maximum atomic E-state index is 10.6. The molecule has 0 saturated carbocycles. The van der Waals surface area contributed by atoms with Crippen LogP contribution < -0.4 is 0 Å². The van der Waals surface area contributed by atoms with E-state index in [9.17, 15) is 4.79 Å². The topological polar surface area (TPSA) is 37.3 Å². The van der Waals surface area contributed by atoms with Gasteiger partial charge in [-0.05, 0) is 24.0 Å². The van der Waals surface area contributed by atoms with Crippen LogP contribution in [0.4, 0.5) is 0 Å². The van der Waals surface area contributed by atoms with E-state index in [0.29, 0.717) is 5.56 Å². The summed E-state index contributed by atoms with van der Waals surface area (Å²) in [7, 11) is 0. The number of hydrogen-bond acceptors (Lipinski definition) is 1. The second-order valence-electron chi connectivity index (χ2n) is 3.55. The van der Waals surface area contributed by atoms with E-state index in [0.717, 1.165) is 19.3 Å². The number of alkyl halides is 1. The summed E-state index contributed by atoms with van der Waals surface area (Å²) in [6.07, 6.45) is 3.36. The van der Waals surface area contributed by atoms with E-state index in [-0.39, 0.29) is 0 Å². The van der Waals surface area contributed by atoms with Gasteiger partial charge in [0.25, 0.3) is 0 Å². The van der Waals surface area contributed by atoms with Crippen molar-refractivity contribution in [1.82, 2.24) is 0 Å². The predicted molar refractivity (Wildman–Crippen MR) is 61.3 cm³/mol. The quantitative estimate of drug-likeness (QED) is 0.782. The summed E-state index contributed by atoms with van der Waals surface area (Å²) < 4.78 is 0. The van der Waals surface area contributed by atoms with E-state index in [2.05, 4.69) is 6.92 Å². The molecule has 0 heterocycles. The first-order valence-corrected chi connectivity index (χ1v) is 5.54. The number of carboxylic acids is 1. The van der Waals surface area contributed by atoms with Gasteiger partial charge in [0.05, 0.1) is 0 Å². The molecule has 0 aromatic heterocycles. The second kappa shape index (κ2) is 5.76. The molecule has 0 aliphatic carbocycles. The summed E-state index contributed by atoms with van der Waals surface area (Å²) in [4.78, 5) is 10.6. The molecule has 0 amide bonds. The molecule has 0 bridgehead atoms. The molecule has 0 radical (unpaired) electrons. The monoisotopic (exact) mass is 226 g/mol. The van der Waals surface area contributed by atoms with Crippen molar-refractivity contribution in [2.45, 2.75) is 31.6 Å². The third kappa shape index (κ3) is 3.56. The minimum atomic E-state index is -1.00. The van der Waals surface area contributed by atoms with Crippen LogP contribution in [0.1, 0.15) is 36.3 Å². The summed E-state index contributed by atoms with van der Waals surface area (Å²) >= 11 is 5.70. The maximum absolute atomic E-state index is 10.6. The molecule has 0 fully saturated rings. The molecule has 15 heavy (non-hydrogen) atoms. The van der Waals surface area contributed by atoms with Gasteiger partial charge in [-0.3, -0.25) is 4.79 Å². The van der Waals surface area contributed by atoms with Gasteiger partial charge in [-0.2, -0.15) is 0 Å². The molecule has 1 N–H and O–H groups in total. The van der Waals surface area contributed by atoms with Gasteiger partial charge < -0.3 is 5.11 Å². The number of carboxylic acid groups (broad SMARTS) is 1. The number of aliphatic carboxylic acids is 1. The largest absolute Gasteiger partial charge is 0.480 e. The van der Waals surface area contributed by atoms with Gasteiger partial charge in [-0.25, -0.2) is 0 Å². The van der Waals surface area contributed by atoms with Crippen LogP contribution >= 0.6 is 11.6 Å². The number of carbonyl (C=O) groups is 1. The van der Waals surface area contributed by atoms with E-state index in [1.54, 1.807) is 12.1 Å².